The smallest absolute Gasteiger partial charge is 0.188 e. The van der Waals surface area contributed by atoms with Crippen molar-refractivity contribution in [3.63, 3.8) is 0 Å². The van der Waals surface area contributed by atoms with Crippen LogP contribution < -0.4 is 120 Å². The third-order valence-corrected chi connectivity index (χ3v) is 30.4. The SMILES string of the molecule is CC(O)c1ccccc1Pc1ccccc1OCc1ccccc1.COCOc1c(OC)cc(OC)cc1Pc1ccc(F)cc1C(C)O.COCOc1c(OC)cc(OC)cc1Pc1ccccc1C(C)O.COCOc1c(OC)cccc1Pc1c(C)cccc1C(C)O.COCOc1ccc(OC)cc1Pc1ccc(C)cc1C(C)O.Cc1cccc(Pc2ccccc2C(C)O)c1OCc1ccccc1. The number of benzene rings is 14. The van der Waals surface area contributed by atoms with Gasteiger partial charge in [0.25, 0.3) is 0 Å². The molecular weight excluding hydrogens is 1940 g/mol. The van der Waals surface area contributed by atoms with Crippen molar-refractivity contribution < 1.29 is 111 Å². The first-order valence-corrected chi connectivity index (χ1v) is 52.4. The number of ether oxygens (including phenoxy) is 16. The highest BCUT2D eigenvalue weighted by molar-refractivity contribution is 7.57. The minimum atomic E-state index is -0.783. The zero-order valence-electron chi connectivity index (χ0n) is 85.0. The molecule has 12 unspecified atom stereocenters. The number of hydrogen-bond acceptors (Lipinski definition) is 22. The van der Waals surface area contributed by atoms with Crippen LogP contribution in [0.5, 0.6) is 69.0 Å². The molecule has 764 valence electrons. The first-order chi connectivity index (χ1) is 69.6. The Hall–Kier alpha value is -11.2. The summed E-state index contributed by atoms with van der Waals surface area (Å²) in [7, 11) is 17.8. The Bertz CT molecular complexity index is 6250. The largest absolute Gasteiger partial charge is 0.497 e. The van der Waals surface area contributed by atoms with Gasteiger partial charge in [0, 0.05) is 72.4 Å². The molecule has 0 aliphatic rings. The van der Waals surface area contributed by atoms with Gasteiger partial charge >= 0.3 is 0 Å². The summed E-state index contributed by atoms with van der Waals surface area (Å²) >= 11 is 0. The monoisotopic (exact) mass is 2070 g/mol. The summed E-state index contributed by atoms with van der Waals surface area (Å²) in [6.07, 6.45) is -3.27. The third kappa shape index (κ3) is 35.9. The third-order valence-electron chi connectivity index (χ3n) is 21.9. The molecule has 0 aliphatic carbocycles. The van der Waals surface area contributed by atoms with E-state index in [4.69, 9.17) is 75.8 Å². The Morgan fingerprint density at radius 1 is 0.236 bits per heavy atom. The van der Waals surface area contributed by atoms with Gasteiger partial charge in [0.05, 0.1) is 79.3 Å². The highest BCUT2D eigenvalue weighted by atomic mass is 31.1. The van der Waals surface area contributed by atoms with E-state index >= 15 is 0 Å². The predicted octanol–water partition coefficient (Wildman–Crippen LogP) is 18.4. The molecule has 144 heavy (non-hydrogen) atoms. The Balaban J connectivity index is 0.000000193. The number of aliphatic hydroxyl groups excluding tert-OH is 6. The normalized spacial score (nSPS) is 12.5. The Morgan fingerprint density at radius 3 is 1.06 bits per heavy atom. The minimum Gasteiger partial charge on any atom is -0.497 e. The molecule has 6 N–H and O–H groups in total. The number of para-hydroxylation sites is 3. The molecule has 0 radical (unpaired) electrons. The van der Waals surface area contributed by atoms with Crippen LogP contribution in [0.25, 0.3) is 0 Å². The fourth-order valence-electron chi connectivity index (χ4n) is 14.7. The van der Waals surface area contributed by atoms with Gasteiger partial charge in [-0.1, -0.05) is 282 Å². The van der Waals surface area contributed by atoms with Crippen molar-refractivity contribution in [2.75, 3.05) is 98.3 Å². The van der Waals surface area contributed by atoms with Crippen LogP contribution in [0.2, 0.25) is 0 Å². The van der Waals surface area contributed by atoms with E-state index in [-0.39, 0.29) is 50.2 Å². The standard InChI is InChI=1S/C22H23O2P.C21H21O2P.C18H22FO5P.C18H23O5P.2C18H23O4P/c1-16-9-8-14-21(22(16)24-15-18-10-4-3-5-11-18)25-20-13-7-6-12-19(20)17(2)23;1-16(22)18-11-5-7-13-20(18)24-21-14-8-6-12-19(21)23-15-17-9-3-2-4-10-17;1-11(20)14-7-12(19)5-6-16(14)25-17-9-13(22-3)8-15(23-4)18(17)24-10-21-2;1-12(19)14-7-5-6-8-16(14)24-17-10-13(21-3)9-15(22-4)18(17)23-11-20-2;1-12-5-8-17(15(9-12)13(2)19)23-18-10-14(21-4)6-7-16(18)22-11-20-3;1-12-7-5-8-14(13(2)19)18(12)23-16-10-6-9-15(21-4)17(16)22-11-20-3/h3-14,17,23,25H,15H2,1-2H3;2-14,16,22,24H,15H2,1H3;5-9,11,20,25H,10H2,1-4H3;5-10,12,19,24H,11H2,1-4H3;2*5-10,13,19,23H,11H2,1-4H3. The van der Waals surface area contributed by atoms with Gasteiger partial charge in [-0.15, -0.1) is 0 Å². The van der Waals surface area contributed by atoms with Gasteiger partial charge in [0.1, 0.15) is 53.5 Å². The van der Waals surface area contributed by atoms with E-state index in [1.165, 1.54) is 24.5 Å². The Labute approximate surface area is 858 Å². The van der Waals surface area contributed by atoms with Crippen molar-refractivity contribution in [3.05, 3.63) is 358 Å². The van der Waals surface area contributed by atoms with Crippen LogP contribution >= 0.6 is 51.5 Å². The minimum absolute atomic E-state index is 0.0623. The molecule has 0 aromatic heterocycles. The van der Waals surface area contributed by atoms with Gasteiger partial charge in [0.15, 0.2) is 61.7 Å². The summed E-state index contributed by atoms with van der Waals surface area (Å²) in [5.74, 6) is 7.94. The molecule has 14 rings (SSSR count). The summed E-state index contributed by atoms with van der Waals surface area (Å²) in [6.45, 7) is 18.4. The van der Waals surface area contributed by atoms with Gasteiger partial charge in [-0.2, -0.15) is 0 Å². The summed E-state index contributed by atoms with van der Waals surface area (Å²) < 4.78 is 101. The molecular formula is C115H135FO22P6. The zero-order valence-corrected chi connectivity index (χ0v) is 91.0. The topological polar surface area (TPSA) is 269 Å². The summed E-state index contributed by atoms with van der Waals surface area (Å²) in [5.41, 5.74) is 11.0. The molecule has 14 aromatic carbocycles. The van der Waals surface area contributed by atoms with Gasteiger partial charge in [-0.05, 0) is 204 Å². The van der Waals surface area contributed by atoms with Crippen LogP contribution in [-0.4, -0.2) is 129 Å². The lowest BCUT2D eigenvalue weighted by Gasteiger charge is -2.18. The van der Waals surface area contributed by atoms with Crippen molar-refractivity contribution in [2.24, 2.45) is 0 Å². The van der Waals surface area contributed by atoms with Crippen molar-refractivity contribution in [1.29, 1.82) is 0 Å². The zero-order chi connectivity index (χ0) is 104. The number of aliphatic hydroxyl groups is 6. The Kier molecular flexibility index (Phi) is 50.0. The van der Waals surface area contributed by atoms with Crippen LogP contribution in [0.4, 0.5) is 4.39 Å². The average Bonchev–Trinajstić information content (AvgIpc) is 0.803. The van der Waals surface area contributed by atoms with Gasteiger partial charge in [-0.25, -0.2) is 4.39 Å². The van der Waals surface area contributed by atoms with Crippen LogP contribution in [0.1, 0.15) is 139 Å². The fourth-order valence-corrected chi connectivity index (χ4v) is 23.2. The molecule has 29 heteroatoms. The van der Waals surface area contributed by atoms with Crippen LogP contribution in [-0.2, 0) is 32.2 Å². The molecule has 0 heterocycles. The highest BCUT2D eigenvalue weighted by Crippen LogP contribution is 2.40. The summed E-state index contributed by atoms with van der Waals surface area (Å²) in [6, 6.07) is 94.1. The second kappa shape index (κ2) is 61.9. The molecule has 12 atom stereocenters. The summed E-state index contributed by atoms with van der Waals surface area (Å²) in [4.78, 5) is 0. The lowest BCUT2D eigenvalue weighted by Crippen LogP contribution is -2.17. The molecule has 0 spiro atoms. The van der Waals surface area contributed by atoms with Gasteiger partial charge < -0.3 is 106 Å². The molecule has 0 bridgehead atoms. The van der Waals surface area contributed by atoms with E-state index in [1.807, 2.05) is 196 Å². The first-order valence-electron chi connectivity index (χ1n) is 46.4. The second-order valence-corrected chi connectivity index (χ2v) is 40.7. The second-order valence-electron chi connectivity index (χ2n) is 32.7. The van der Waals surface area contributed by atoms with E-state index in [1.54, 1.807) is 117 Å². The molecule has 0 saturated carbocycles. The average molecular weight is 2070 g/mol. The fraction of sp³-hybridized carbons (Fsp3) is 0.270. The molecule has 0 fully saturated rings. The maximum absolute atomic E-state index is 13.5. The molecule has 0 aliphatic heterocycles. The van der Waals surface area contributed by atoms with Gasteiger partial charge in [-0.3, -0.25) is 0 Å². The lowest BCUT2D eigenvalue weighted by molar-refractivity contribution is 0.0498. The summed E-state index contributed by atoms with van der Waals surface area (Å²) in [5, 5.41) is 72.6. The highest BCUT2D eigenvalue weighted by Gasteiger charge is 2.24. The molecule has 0 saturated heterocycles. The van der Waals surface area contributed by atoms with Crippen LogP contribution in [0.15, 0.2) is 291 Å². The number of methoxy groups -OCH3 is 10. The van der Waals surface area contributed by atoms with E-state index in [9.17, 15) is 35.0 Å². The van der Waals surface area contributed by atoms with Crippen LogP contribution in [0.3, 0.4) is 0 Å². The first kappa shape index (κ1) is 116. The van der Waals surface area contributed by atoms with Crippen molar-refractivity contribution in [1.82, 2.24) is 0 Å². The van der Waals surface area contributed by atoms with E-state index < -0.39 is 36.6 Å². The van der Waals surface area contributed by atoms with Crippen molar-refractivity contribution in [2.45, 2.75) is 112 Å². The number of rotatable bonds is 42. The van der Waals surface area contributed by atoms with E-state index in [2.05, 4.69) is 92.7 Å². The molecule has 0 amide bonds. The molecule has 22 nitrogen and oxygen atoms in total. The maximum atomic E-state index is 13.5. The van der Waals surface area contributed by atoms with Crippen molar-refractivity contribution >= 4 is 115 Å². The molecule has 14 aromatic rings. The Morgan fingerprint density at radius 2 is 0.583 bits per heavy atom. The number of hydrogen-bond donors (Lipinski definition) is 6. The van der Waals surface area contributed by atoms with E-state index in [0.29, 0.717) is 99.1 Å². The lowest BCUT2D eigenvalue weighted by atomic mass is 10.1. The van der Waals surface area contributed by atoms with E-state index in [0.717, 1.165) is 137 Å². The van der Waals surface area contributed by atoms with Crippen molar-refractivity contribution in [3.8, 4) is 69.0 Å². The maximum Gasteiger partial charge on any atom is 0.188 e. The van der Waals surface area contributed by atoms with Crippen LogP contribution in [0, 0.1) is 26.6 Å². The predicted molar refractivity (Wildman–Crippen MR) is 592 cm³/mol. The quantitative estimate of drug-likeness (QED) is 0.0153. The number of halogens is 1. The number of aryl methyl sites for hydroxylation is 3. The van der Waals surface area contributed by atoms with Gasteiger partial charge in [0.2, 0.25) is 0 Å².